The smallest absolute Gasteiger partial charge is 0.355 e. The van der Waals surface area contributed by atoms with E-state index in [9.17, 15) is 19.1 Å². The van der Waals surface area contributed by atoms with Gasteiger partial charge in [-0.3, -0.25) is 4.79 Å². The van der Waals surface area contributed by atoms with Crippen molar-refractivity contribution in [3.8, 4) is 17.0 Å². The Hall–Kier alpha value is -4.54. The van der Waals surface area contributed by atoms with Gasteiger partial charge < -0.3 is 20.2 Å². The standard InChI is InChI=1S/C30H32F2N6O3/c1-6-23(40)36-12-13-37(18(5)15-36)28-19-14-21(32)26(24-20(31)8-7-9-22(24)39)34-29(19)38(30(41)35-28)27-17(4)10-11-33-25(27)16(2)3/h6-11,14,16,18,25,33,39H,1,12-13,15H2,2-5H3. The Kier molecular flexibility index (Phi) is 7.37. The fourth-order valence-electron chi connectivity index (χ4n) is 5.58. The lowest BCUT2D eigenvalue weighted by molar-refractivity contribution is -0.126. The number of nitrogens with zero attached hydrogens (tertiary/aromatic N) is 5. The molecule has 2 aromatic heterocycles. The van der Waals surface area contributed by atoms with E-state index in [1.165, 1.54) is 28.8 Å². The summed E-state index contributed by atoms with van der Waals surface area (Å²) in [6.07, 6.45) is 4.88. The van der Waals surface area contributed by atoms with E-state index in [1.54, 1.807) is 11.1 Å². The molecule has 1 amide bonds. The Morgan fingerprint density at radius 1 is 1.22 bits per heavy atom. The zero-order chi connectivity index (χ0) is 29.6. The number of phenolic OH excluding ortho intramolecular Hbond substituents is 1. The van der Waals surface area contributed by atoms with Crippen molar-refractivity contribution >= 4 is 28.5 Å². The molecule has 5 rings (SSSR count). The lowest BCUT2D eigenvalue weighted by Crippen LogP contribution is -2.54. The summed E-state index contributed by atoms with van der Waals surface area (Å²) in [5.74, 6) is -2.15. The molecule has 0 saturated carbocycles. The predicted molar refractivity (Wildman–Crippen MR) is 154 cm³/mol. The SMILES string of the molecule is C=CC(=O)N1CCN(c2nc(=O)n(C3=C(C)C=CNC3C(C)C)c3nc(-c4c(O)cccc4F)c(F)cc23)C(C)C1. The van der Waals surface area contributed by atoms with Gasteiger partial charge in [0.05, 0.1) is 22.7 Å². The van der Waals surface area contributed by atoms with Gasteiger partial charge in [0.15, 0.2) is 11.5 Å². The molecule has 41 heavy (non-hydrogen) atoms. The summed E-state index contributed by atoms with van der Waals surface area (Å²) in [5.41, 5.74) is -0.00817. The molecule has 2 aliphatic rings. The molecule has 0 bridgehead atoms. The van der Waals surface area contributed by atoms with Gasteiger partial charge in [-0.25, -0.2) is 23.1 Å². The summed E-state index contributed by atoms with van der Waals surface area (Å²) < 4.78 is 32.1. The van der Waals surface area contributed by atoms with E-state index in [4.69, 9.17) is 0 Å². The van der Waals surface area contributed by atoms with Crippen LogP contribution < -0.4 is 15.9 Å². The summed E-state index contributed by atoms with van der Waals surface area (Å²) in [4.78, 5) is 38.6. The number of aromatic hydroxyl groups is 1. The van der Waals surface area contributed by atoms with Crippen molar-refractivity contribution in [2.75, 3.05) is 24.5 Å². The Morgan fingerprint density at radius 2 is 1.98 bits per heavy atom. The van der Waals surface area contributed by atoms with Crippen molar-refractivity contribution in [3.05, 3.63) is 76.9 Å². The maximum atomic E-state index is 15.8. The van der Waals surface area contributed by atoms with Gasteiger partial charge >= 0.3 is 5.69 Å². The van der Waals surface area contributed by atoms with Crippen LogP contribution >= 0.6 is 0 Å². The number of phenols is 1. The Balaban J connectivity index is 1.80. The molecular formula is C30H32F2N6O3. The Bertz CT molecular complexity index is 1660. The van der Waals surface area contributed by atoms with E-state index in [0.29, 0.717) is 25.3 Å². The fourth-order valence-corrected chi connectivity index (χ4v) is 5.58. The van der Waals surface area contributed by atoms with Crippen molar-refractivity contribution < 1.29 is 18.7 Å². The number of piperazine rings is 1. The van der Waals surface area contributed by atoms with Crippen LogP contribution in [-0.4, -0.2) is 62.2 Å². The largest absolute Gasteiger partial charge is 0.507 e. The number of hydrogen-bond acceptors (Lipinski definition) is 7. The zero-order valence-corrected chi connectivity index (χ0v) is 23.4. The minimum Gasteiger partial charge on any atom is -0.507 e. The van der Waals surface area contributed by atoms with Crippen molar-refractivity contribution in [2.24, 2.45) is 5.92 Å². The number of hydrogen-bond donors (Lipinski definition) is 2. The van der Waals surface area contributed by atoms with Gasteiger partial charge in [0.25, 0.3) is 0 Å². The number of rotatable bonds is 5. The average Bonchev–Trinajstić information content (AvgIpc) is 2.93. The normalized spacial score (nSPS) is 19.2. The molecule has 0 spiro atoms. The van der Waals surface area contributed by atoms with Crippen LogP contribution in [0.5, 0.6) is 5.75 Å². The van der Waals surface area contributed by atoms with Gasteiger partial charge in [0, 0.05) is 25.7 Å². The number of carbonyl (C=O) groups excluding carboxylic acids is 1. The summed E-state index contributed by atoms with van der Waals surface area (Å²) in [5, 5.41) is 14.0. The number of anilines is 1. The Morgan fingerprint density at radius 3 is 2.63 bits per heavy atom. The molecule has 0 aliphatic carbocycles. The summed E-state index contributed by atoms with van der Waals surface area (Å²) in [7, 11) is 0. The summed E-state index contributed by atoms with van der Waals surface area (Å²) in [6, 6.07) is 4.29. The maximum absolute atomic E-state index is 15.8. The van der Waals surface area contributed by atoms with Gasteiger partial charge in [-0.1, -0.05) is 26.5 Å². The molecular weight excluding hydrogens is 530 g/mol. The highest BCUT2D eigenvalue weighted by Crippen LogP contribution is 2.37. The number of pyridine rings is 1. The van der Waals surface area contributed by atoms with Gasteiger partial charge in [-0.05, 0) is 61.9 Å². The zero-order valence-electron chi connectivity index (χ0n) is 23.4. The first-order chi connectivity index (χ1) is 19.5. The van der Waals surface area contributed by atoms with Crippen LogP contribution in [0.25, 0.3) is 28.0 Å². The lowest BCUT2D eigenvalue weighted by Gasteiger charge is -2.40. The average molecular weight is 563 g/mol. The monoisotopic (exact) mass is 562 g/mol. The van der Waals surface area contributed by atoms with Crippen molar-refractivity contribution in [1.29, 1.82) is 0 Å². The lowest BCUT2D eigenvalue weighted by atomic mass is 9.95. The van der Waals surface area contributed by atoms with E-state index >= 15 is 4.39 Å². The maximum Gasteiger partial charge on any atom is 0.355 e. The van der Waals surface area contributed by atoms with Crippen LogP contribution in [0.2, 0.25) is 0 Å². The van der Waals surface area contributed by atoms with Gasteiger partial charge in [-0.15, -0.1) is 0 Å². The molecule has 1 aromatic carbocycles. The second kappa shape index (κ2) is 10.8. The number of nitrogens with one attached hydrogen (secondary N) is 1. The number of halogens is 2. The number of benzene rings is 1. The first-order valence-electron chi connectivity index (χ1n) is 13.5. The minimum absolute atomic E-state index is 0.0533. The number of dihydropyridines is 1. The third-order valence-corrected chi connectivity index (χ3v) is 7.63. The van der Waals surface area contributed by atoms with E-state index in [-0.39, 0.29) is 40.8 Å². The third kappa shape index (κ3) is 4.85. The molecule has 1 fully saturated rings. The van der Waals surface area contributed by atoms with Crippen molar-refractivity contribution in [2.45, 2.75) is 39.8 Å². The quantitative estimate of drug-likeness (QED) is 0.453. The molecule has 2 unspecified atom stereocenters. The highest BCUT2D eigenvalue weighted by Gasteiger charge is 2.32. The second-order valence-corrected chi connectivity index (χ2v) is 10.7. The minimum atomic E-state index is -0.882. The number of amides is 1. The molecule has 0 radical (unpaired) electrons. The molecule has 2 N–H and O–H groups in total. The topological polar surface area (TPSA) is 104 Å². The predicted octanol–water partition coefficient (Wildman–Crippen LogP) is 4.04. The van der Waals surface area contributed by atoms with Crippen LogP contribution in [0.15, 0.2) is 59.6 Å². The van der Waals surface area contributed by atoms with Gasteiger partial charge in [0.1, 0.15) is 23.1 Å². The summed E-state index contributed by atoms with van der Waals surface area (Å²) in [6.45, 7) is 12.3. The van der Waals surface area contributed by atoms with E-state index in [2.05, 4.69) is 21.9 Å². The molecule has 214 valence electrons. The number of carbonyl (C=O) groups is 1. The van der Waals surface area contributed by atoms with E-state index in [0.717, 1.165) is 11.6 Å². The number of aromatic nitrogens is 3. The molecule has 9 nitrogen and oxygen atoms in total. The number of fused-ring (bicyclic) bond motifs is 1. The highest BCUT2D eigenvalue weighted by atomic mass is 19.1. The first kappa shape index (κ1) is 28.0. The molecule has 2 atom stereocenters. The van der Waals surface area contributed by atoms with Crippen molar-refractivity contribution in [3.63, 3.8) is 0 Å². The molecule has 11 heteroatoms. The second-order valence-electron chi connectivity index (χ2n) is 10.7. The van der Waals surface area contributed by atoms with Crippen LogP contribution in [-0.2, 0) is 4.79 Å². The van der Waals surface area contributed by atoms with E-state index < -0.39 is 34.3 Å². The fraction of sp³-hybridized carbons (Fsp3) is 0.333. The van der Waals surface area contributed by atoms with Gasteiger partial charge in [-0.2, -0.15) is 4.98 Å². The first-order valence-corrected chi connectivity index (χ1v) is 13.5. The Labute approximate surface area is 236 Å². The molecule has 2 aliphatic heterocycles. The van der Waals surface area contributed by atoms with Gasteiger partial charge in [0.2, 0.25) is 5.91 Å². The molecule has 1 saturated heterocycles. The molecule has 3 aromatic rings. The van der Waals surface area contributed by atoms with Crippen LogP contribution in [0.1, 0.15) is 27.7 Å². The number of allylic oxidation sites excluding steroid dienone is 2. The van der Waals surface area contributed by atoms with Crippen LogP contribution in [0.4, 0.5) is 14.6 Å². The van der Waals surface area contributed by atoms with E-state index in [1.807, 2.05) is 38.7 Å². The molecule has 4 heterocycles. The third-order valence-electron chi connectivity index (χ3n) is 7.63. The summed E-state index contributed by atoms with van der Waals surface area (Å²) >= 11 is 0. The van der Waals surface area contributed by atoms with Crippen LogP contribution in [0.3, 0.4) is 0 Å². The van der Waals surface area contributed by atoms with Crippen LogP contribution in [0, 0.1) is 17.6 Å². The van der Waals surface area contributed by atoms with Crippen molar-refractivity contribution in [1.82, 2.24) is 24.8 Å². The highest BCUT2D eigenvalue weighted by molar-refractivity contribution is 5.92.